The summed E-state index contributed by atoms with van der Waals surface area (Å²) in [5, 5.41) is 10.8. The lowest BCUT2D eigenvalue weighted by atomic mass is 9.81. The highest BCUT2D eigenvalue weighted by Gasteiger charge is 2.31. The van der Waals surface area contributed by atoms with Crippen LogP contribution in [-0.2, 0) is 20.8 Å². The Morgan fingerprint density at radius 1 is 1.02 bits per heavy atom. The number of para-hydroxylation sites is 1. The van der Waals surface area contributed by atoms with Gasteiger partial charge in [-0.15, -0.1) is 0 Å². The molecule has 1 atom stereocenters. The van der Waals surface area contributed by atoms with Crippen LogP contribution in [0, 0.1) is 12.8 Å². The lowest BCUT2D eigenvalue weighted by molar-refractivity contribution is 0.0697. The molecule has 1 fully saturated rings. The predicted octanol–water partition coefficient (Wildman–Crippen LogP) is 6.78. The minimum absolute atomic E-state index is 0.0606. The maximum absolute atomic E-state index is 13.0. The van der Waals surface area contributed by atoms with Crippen molar-refractivity contribution in [1.29, 1.82) is 0 Å². The summed E-state index contributed by atoms with van der Waals surface area (Å²) in [6.45, 7) is 2.53. The molecular weight excluding hydrogens is 526 g/mol. The number of carboxylic acid groups (broad SMARTS) is 1. The lowest BCUT2D eigenvalue weighted by Gasteiger charge is -2.28. The molecule has 2 aliphatic rings. The largest absolute Gasteiger partial charge is 0.492 e. The van der Waals surface area contributed by atoms with E-state index >= 15 is 0 Å². The third-order valence-electron chi connectivity index (χ3n) is 8.19. The van der Waals surface area contributed by atoms with Gasteiger partial charge in [-0.3, -0.25) is 4.18 Å². The first-order chi connectivity index (χ1) is 19.3. The predicted molar refractivity (Wildman–Crippen MR) is 153 cm³/mol. The van der Waals surface area contributed by atoms with Crippen LogP contribution in [0.2, 0.25) is 0 Å². The van der Waals surface area contributed by atoms with Crippen LogP contribution in [0.5, 0.6) is 5.75 Å². The normalized spacial score (nSPS) is 17.9. The maximum atomic E-state index is 13.0. The second-order valence-electron chi connectivity index (χ2n) is 11.0. The number of nitrogens with zero attached hydrogens (tertiary/aromatic N) is 1. The second kappa shape index (κ2) is 10.7. The molecule has 1 aromatic heterocycles. The van der Waals surface area contributed by atoms with Crippen LogP contribution in [0.3, 0.4) is 0 Å². The Bertz CT molecular complexity index is 1670. The molecule has 0 bridgehead atoms. The summed E-state index contributed by atoms with van der Waals surface area (Å²) in [5.74, 6) is -0.189. The number of ether oxygens (including phenoxy) is 1. The Morgan fingerprint density at radius 3 is 2.52 bits per heavy atom. The molecule has 208 valence electrons. The van der Waals surface area contributed by atoms with E-state index in [4.69, 9.17) is 8.92 Å². The average molecular weight is 560 g/mol. The van der Waals surface area contributed by atoms with E-state index in [9.17, 15) is 18.3 Å². The van der Waals surface area contributed by atoms with Crippen molar-refractivity contribution in [3.8, 4) is 17.0 Å². The number of aromatic carboxylic acids is 1. The van der Waals surface area contributed by atoms with Crippen LogP contribution in [0.25, 0.3) is 22.2 Å². The number of rotatable bonds is 6. The van der Waals surface area contributed by atoms with Crippen LogP contribution < -0.4 is 4.74 Å². The highest BCUT2D eigenvalue weighted by atomic mass is 32.2. The fourth-order valence-corrected chi connectivity index (χ4v) is 7.14. The van der Waals surface area contributed by atoms with Gasteiger partial charge in [0.05, 0.1) is 29.4 Å². The molecule has 0 spiro atoms. The molecule has 1 aliphatic heterocycles. The number of benzene rings is 3. The molecule has 0 radical (unpaired) electrons. The molecule has 40 heavy (non-hydrogen) atoms. The number of carboxylic acids is 1. The molecule has 1 saturated carbocycles. The van der Waals surface area contributed by atoms with Crippen LogP contribution in [0.4, 0.5) is 0 Å². The van der Waals surface area contributed by atoms with Crippen molar-refractivity contribution in [1.82, 2.24) is 4.57 Å². The standard InChI is InChI=1S/C32H33NO6S/c1-21-11-14-25(15-12-21)40(36,37)39-20-22-18-33-28-17-24(32(34)35)13-16-26(28)30(23-7-3-2-4-8-23)31(33)27-9-5-6-10-29(27)38-19-22/h5-6,9-17,22-23H,2-4,7-8,18-20H2,1H3,(H,34,35)/t22-/m1/s1. The molecule has 4 aromatic rings. The Kier molecular flexibility index (Phi) is 7.15. The van der Waals surface area contributed by atoms with E-state index in [2.05, 4.69) is 10.6 Å². The molecule has 1 N–H and O–H groups in total. The molecule has 0 saturated heterocycles. The summed E-state index contributed by atoms with van der Waals surface area (Å²) < 4.78 is 40.0. The number of hydrogen-bond donors (Lipinski definition) is 1. The minimum Gasteiger partial charge on any atom is -0.492 e. The quantitative estimate of drug-likeness (QED) is 0.262. The summed E-state index contributed by atoms with van der Waals surface area (Å²) in [4.78, 5) is 12.1. The van der Waals surface area contributed by atoms with E-state index in [1.54, 1.807) is 36.4 Å². The zero-order valence-corrected chi connectivity index (χ0v) is 23.3. The van der Waals surface area contributed by atoms with Crippen LogP contribution >= 0.6 is 0 Å². The summed E-state index contributed by atoms with van der Waals surface area (Å²) in [5.41, 5.74) is 5.28. The SMILES string of the molecule is Cc1ccc(S(=O)(=O)OC[C@H]2COc3ccccc3-c3c(C4CCCCC4)c4ccc(C(=O)O)cc4n3C2)cc1. The van der Waals surface area contributed by atoms with Gasteiger partial charge in [-0.25, -0.2) is 4.79 Å². The topological polar surface area (TPSA) is 94.8 Å². The maximum Gasteiger partial charge on any atom is 0.335 e. The van der Waals surface area contributed by atoms with Crippen LogP contribution in [-0.4, -0.2) is 37.3 Å². The zero-order chi connectivity index (χ0) is 27.9. The van der Waals surface area contributed by atoms with Gasteiger partial charge in [0.15, 0.2) is 0 Å². The fraction of sp³-hybridized carbons (Fsp3) is 0.344. The molecule has 3 aromatic carbocycles. The van der Waals surface area contributed by atoms with Gasteiger partial charge in [0.1, 0.15) is 5.75 Å². The van der Waals surface area contributed by atoms with E-state index in [1.807, 2.05) is 31.2 Å². The van der Waals surface area contributed by atoms with Gasteiger partial charge >= 0.3 is 5.97 Å². The van der Waals surface area contributed by atoms with Gasteiger partial charge in [0.25, 0.3) is 10.1 Å². The average Bonchev–Trinajstić information content (AvgIpc) is 3.26. The number of carbonyl (C=O) groups is 1. The third kappa shape index (κ3) is 5.02. The Labute approximate surface area is 234 Å². The molecular formula is C32H33NO6S. The number of fused-ring (bicyclic) bond motifs is 5. The van der Waals surface area contributed by atoms with Gasteiger partial charge < -0.3 is 14.4 Å². The molecule has 7 nitrogen and oxygen atoms in total. The highest BCUT2D eigenvalue weighted by Crippen LogP contribution is 2.47. The van der Waals surface area contributed by atoms with Crippen molar-refractivity contribution >= 4 is 27.0 Å². The van der Waals surface area contributed by atoms with Gasteiger partial charge in [-0.1, -0.05) is 55.2 Å². The van der Waals surface area contributed by atoms with Crippen molar-refractivity contribution in [2.45, 2.75) is 56.4 Å². The van der Waals surface area contributed by atoms with Crippen molar-refractivity contribution < 1.29 is 27.2 Å². The summed E-state index contributed by atoms with van der Waals surface area (Å²) >= 11 is 0. The van der Waals surface area contributed by atoms with Gasteiger partial charge in [0.2, 0.25) is 0 Å². The molecule has 1 aliphatic carbocycles. The Hall–Kier alpha value is -3.62. The smallest absolute Gasteiger partial charge is 0.335 e. The molecule has 6 rings (SSSR count). The Balaban J connectivity index is 1.46. The lowest BCUT2D eigenvalue weighted by Crippen LogP contribution is -2.27. The zero-order valence-electron chi connectivity index (χ0n) is 22.5. The summed E-state index contributed by atoms with van der Waals surface area (Å²) in [6.07, 6.45) is 5.71. The first-order valence-corrected chi connectivity index (χ1v) is 15.3. The number of aryl methyl sites for hydroxylation is 1. The van der Waals surface area contributed by atoms with E-state index in [1.165, 1.54) is 12.0 Å². The molecule has 8 heteroatoms. The van der Waals surface area contributed by atoms with Gasteiger partial charge in [-0.05, 0) is 67.6 Å². The van der Waals surface area contributed by atoms with Crippen molar-refractivity contribution in [3.05, 3.63) is 83.4 Å². The molecule has 2 heterocycles. The van der Waals surface area contributed by atoms with Crippen molar-refractivity contribution in [2.24, 2.45) is 5.92 Å². The van der Waals surface area contributed by atoms with Crippen LogP contribution in [0.1, 0.15) is 59.5 Å². The van der Waals surface area contributed by atoms with Crippen molar-refractivity contribution in [3.63, 3.8) is 0 Å². The summed E-state index contributed by atoms with van der Waals surface area (Å²) in [7, 11) is -3.95. The third-order valence-corrected chi connectivity index (χ3v) is 9.49. The first kappa shape index (κ1) is 26.6. The first-order valence-electron chi connectivity index (χ1n) is 13.9. The van der Waals surface area contributed by atoms with Crippen LogP contribution in [0.15, 0.2) is 71.6 Å². The van der Waals surface area contributed by atoms with Crippen molar-refractivity contribution in [2.75, 3.05) is 13.2 Å². The number of hydrogen-bond acceptors (Lipinski definition) is 5. The highest BCUT2D eigenvalue weighted by molar-refractivity contribution is 7.86. The van der Waals surface area contributed by atoms with E-state index in [0.717, 1.165) is 59.2 Å². The van der Waals surface area contributed by atoms with E-state index in [-0.39, 0.29) is 29.6 Å². The Morgan fingerprint density at radius 2 is 1.77 bits per heavy atom. The van der Waals surface area contributed by atoms with Gasteiger partial charge in [0, 0.05) is 28.9 Å². The summed E-state index contributed by atoms with van der Waals surface area (Å²) in [6, 6.07) is 19.9. The second-order valence-corrected chi connectivity index (χ2v) is 12.6. The van der Waals surface area contributed by atoms with E-state index < -0.39 is 16.1 Å². The molecule has 0 unspecified atom stereocenters. The van der Waals surface area contributed by atoms with E-state index in [0.29, 0.717) is 12.5 Å². The van der Waals surface area contributed by atoms with Gasteiger partial charge in [-0.2, -0.15) is 8.42 Å². The fourth-order valence-electron chi connectivity index (χ4n) is 6.16. The molecule has 0 amide bonds. The monoisotopic (exact) mass is 559 g/mol. The minimum atomic E-state index is -3.95. The number of aromatic nitrogens is 1.